The van der Waals surface area contributed by atoms with E-state index in [2.05, 4.69) is 16.0 Å². The number of carbonyl (C=O) groups excluding carboxylic acids is 1. The number of hydrogen-bond donors (Lipinski definition) is 1. The molecule has 2 N–H and O–H groups in total. The average molecular weight is 239 g/mol. The Bertz CT molecular complexity index is 280. The molecule has 12 heavy (non-hydrogen) atoms. The first-order valence-electron chi connectivity index (χ1n) is 3.14. The van der Waals surface area contributed by atoms with Gasteiger partial charge in [0.05, 0.1) is 0 Å². The van der Waals surface area contributed by atoms with Gasteiger partial charge in [-0.15, -0.1) is 11.4 Å². The van der Waals surface area contributed by atoms with E-state index in [1.807, 2.05) is 0 Å². The van der Waals surface area contributed by atoms with Gasteiger partial charge in [-0.1, -0.05) is 13.8 Å². The second kappa shape index (κ2) is 4.62. The minimum absolute atomic E-state index is 0. The summed E-state index contributed by atoms with van der Waals surface area (Å²) >= 11 is 0. The summed E-state index contributed by atoms with van der Waals surface area (Å²) in [5, 5.41) is 0. The summed E-state index contributed by atoms with van der Waals surface area (Å²) in [5.41, 5.74) is 6.24. The smallest absolute Gasteiger partial charge is 0.286 e. The maximum Gasteiger partial charge on any atom is 0.286 e. The minimum atomic E-state index is -0.606. The Labute approximate surface area is 95.9 Å². The van der Waals surface area contributed by atoms with Crippen LogP contribution in [0.5, 0.6) is 0 Å². The van der Waals surface area contributed by atoms with Gasteiger partial charge in [0.15, 0.2) is 0 Å². The van der Waals surface area contributed by atoms with E-state index in [1.54, 1.807) is 13.8 Å². The van der Waals surface area contributed by atoms with Crippen molar-refractivity contribution in [3.05, 3.63) is 23.3 Å². The normalized spacial score (nSPS) is 8.83. The molecule has 1 heterocycles. The first kappa shape index (κ1) is 11.7. The van der Waals surface area contributed by atoms with E-state index in [4.69, 9.17) is 5.73 Å². The predicted octanol–water partition coefficient (Wildman–Crippen LogP) is -0.00997. The quantitative estimate of drug-likeness (QED) is 0.701. The van der Waals surface area contributed by atoms with Gasteiger partial charge >= 0.3 is 0 Å². The summed E-state index contributed by atoms with van der Waals surface area (Å²) in [4.78, 5) is 18.2. The van der Waals surface area contributed by atoms with Gasteiger partial charge in [-0.05, 0) is 0 Å². The maximum atomic E-state index is 10.6. The Morgan fingerprint density at radius 1 is 1.33 bits per heavy atom. The fourth-order valence-electron chi connectivity index (χ4n) is 0.771. The van der Waals surface area contributed by atoms with Crippen LogP contribution >= 0.6 is 0 Å². The van der Waals surface area contributed by atoms with Gasteiger partial charge in [0.2, 0.25) is 5.82 Å². The molecule has 4 nitrogen and oxygen atoms in total. The van der Waals surface area contributed by atoms with Crippen LogP contribution in [-0.4, -0.2) is 15.9 Å². The summed E-state index contributed by atoms with van der Waals surface area (Å²) in [7, 11) is 0. The summed E-state index contributed by atoms with van der Waals surface area (Å²) in [6.07, 6.45) is 0. The van der Waals surface area contributed by atoms with Crippen LogP contribution in [0.15, 0.2) is 0 Å². The van der Waals surface area contributed by atoms with Crippen LogP contribution in [0.4, 0.5) is 0 Å². The van der Waals surface area contributed by atoms with Crippen LogP contribution in [0.3, 0.4) is 0 Å². The number of aryl methyl sites for hydroxylation is 2. The molecule has 0 unspecified atom stereocenters. The number of carbonyl (C=O) groups is 1. The van der Waals surface area contributed by atoms with Gasteiger partial charge in [-0.3, -0.25) is 14.8 Å². The molecule has 1 aromatic heterocycles. The van der Waals surface area contributed by atoms with Crippen molar-refractivity contribution in [2.75, 3.05) is 0 Å². The summed E-state index contributed by atoms with van der Waals surface area (Å²) < 4.78 is 0. The molecule has 0 aliphatic rings. The van der Waals surface area contributed by atoms with E-state index in [0.29, 0.717) is 11.4 Å². The van der Waals surface area contributed by atoms with E-state index in [9.17, 15) is 4.79 Å². The zero-order valence-corrected chi connectivity index (χ0v) is 9.80. The zero-order valence-electron chi connectivity index (χ0n) is 6.96. The van der Waals surface area contributed by atoms with Gasteiger partial charge in [-0.2, -0.15) is 0 Å². The number of primary amides is 1. The molecule has 0 aliphatic heterocycles. The molecule has 1 amide bonds. The Morgan fingerprint density at radius 3 is 2.08 bits per heavy atom. The number of aromatic nitrogens is 2. The minimum Gasteiger partial charge on any atom is -0.427 e. The van der Waals surface area contributed by atoms with Crippen molar-refractivity contribution in [1.29, 1.82) is 0 Å². The molecule has 0 fully saturated rings. The molecular formula is C7H8N3OY-. The molecule has 0 saturated heterocycles. The van der Waals surface area contributed by atoms with E-state index in [1.165, 1.54) is 0 Å². The van der Waals surface area contributed by atoms with Crippen LogP contribution in [-0.2, 0) is 32.7 Å². The van der Waals surface area contributed by atoms with Crippen LogP contribution in [0, 0.1) is 19.9 Å². The largest absolute Gasteiger partial charge is 0.427 e. The van der Waals surface area contributed by atoms with Crippen molar-refractivity contribution in [3.8, 4) is 0 Å². The summed E-state index contributed by atoms with van der Waals surface area (Å²) in [5.74, 6) is -0.552. The van der Waals surface area contributed by atoms with Crippen molar-refractivity contribution >= 4 is 5.91 Å². The summed E-state index contributed by atoms with van der Waals surface area (Å²) in [6.45, 7) is 3.47. The first-order chi connectivity index (χ1) is 5.09. The fourth-order valence-corrected chi connectivity index (χ4v) is 0.771. The molecule has 0 atom stereocenters. The summed E-state index contributed by atoms with van der Waals surface area (Å²) in [6, 6.07) is 2.84. The molecule has 5 heteroatoms. The Kier molecular flexibility index (Phi) is 4.49. The van der Waals surface area contributed by atoms with Crippen LogP contribution in [0.25, 0.3) is 0 Å². The standard InChI is InChI=1S/C7H8N3O.Y/c1-4-3-5(2)10-7(9-4)6(8)11;/h1-2H3,(H2,8,11);/q-1;. The van der Waals surface area contributed by atoms with Crippen molar-refractivity contribution < 1.29 is 37.5 Å². The van der Waals surface area contributed by atoms with Gasteiger partial charge < -0.3 is 11.8 Å². The van der Waals surface area contributed by atoms with Crippen molar-refractivity contribution in [2.45, 2.75) is 13.8 Å². The van der Waals surface area contributed by atoms with Gasteiger partial charge in [-0.25, -0.2) is 0 Å². The van der Waals surface area contributed by atoms with E-state index in [0.717, 1.165) is 0 Å². The molecular weight excluding hydrogens is 231 g/mol. The Balaban J connectivity index is 0.00000121. The molecule has 1 aromatic rings. The van der Waals surface area contributed by atoms with Crippen LogP contribution in [0.1, 0.15) is 22.0 Å². The Morgan fingerprint density at radius 2 is 1.75 bits per heavy atom. The molecule has 0 saturated carbocycles. The number of nitrogens with two attached hydrogens (primary N) is 1. The van der Waals surface area contributed by atoms with Crippen molar-refractivity contribution in [1.82, 2.24) is 9.97 Å². The SMILES string of the molecule is Cc1[c-]c(C)nc(C(N)=O)n1.[Y]. The van der Waals surface area contributed by atoms with Crippen molar-refractivity contribution in [3.63, 3.8) is 0 Å². The van der Waals surface area contributed by atoms with Crippen LogP contribution < -0.4 is 5.73 Å². The molecule has 0 aromatic carbocycles. The monoisotopic (exact) mass is 239 g/mol. The topological polar surface area (TPSA) is 68.9 Å². The first-order valence-corrected chi connectivity index (χ1v) is 3.14. The second-order valence-corrected chi connectivity index (χ2v) is 2.21. The molecule has 0 aliphatic carbocycles. The second-order valence-electron chi connectivity index (χ2n) is 2.21. The zero-order chi connectivity index (χ0) is 8.43. The third-order valence-corrected chi connectivity index (χ3v) is 1.13. The third kappa shape index (κ3) is 2.95. The average Bonchev–Trinajstić information content (AvgIpc) is 1.85. The van der Waals surface area contributed by atoms with Gasteiger partial charge in [0.1, 0.15) is 0 Å². The number of nitrogens with zero attached hydrogens (tertiary/aromatic N) is 2. The van der Waals surface area contributed by atoms with Crippen LogP contribution in [0.2, 0.25) is 0 Å². The van der Waals surface area contributed by atoms with E-state index < -0.39 is 5.91 Å². The predicted molar refractivity (Wildman–Crippen MR) is 38.9 cm³/mol. The van der Waals surface area contributed by atoms with Gasteiger partial charge in [0.25, 0.3) is 5.91 Å². The molecule has 1 radical (unpaired) electrons. The number of hydrogen-bond acceptors (Lipinski definition) is 3. The fraction of sp³-hybridized carbons (Fsp3) is 0.286. The van der Waals surface area contributed by atoms with E-state index in [-0.39, 0.29) is 38.5 Å². The molecule has 1 rings (SSSR count). The maximum absolute atomic E-state index is 10.6. The van der Waals surface area contributed by atoms with E-state index >= 15 is 0 Å². The van der Waals surface area contributed by atoms with Crippen molar-refractivity contribution in [2.24, 2.45) is 5.73 Å². The number of rotatable bonds is 1. The molecule has 61 valence electrons. The molecule has 0 bridgehead atoms. The molecule has 0 spiro atoms. The Hall–Kier alpha value is -0.346. The third-order valence-electron chi connectivity index (χ3n) is 1.13. The van der Waals surface area contributed by atoms with Gasteiger partial charge in [0, 0.05) is 32.7 Å². The number of amides is 1.